The van der Waals surface area contributed by atoms with Crippen LogP contribution in [-0.4, -0.2) is 53.8 Å². The van der Waals surface area contributed by atoms with Crippen LogP contribution in [-0.2, 0) is 16.0 Å². The van der Waals surface area contributed by atoms with Crippen LogP contribution in [0.2, 0.25) is 10.0 Å². The minimum Gasteiger partial charge on any atom is -0.340 e. The van der Waals surface area contributed by atoms with Crippen molar-refractivity contribution >= 4 is 40.7 Å². The minimum atomic E-state index is -0.324. The number of carbonyl (C=O) groups is 2. The van der Waals surface area contributed by atoms with E-state index in [0.717, 1.165) is 12.8 Å². The first kappa shape index (κ1) is 22.6. The summed E-state index contributed by atoms with van der Waals surface area (Å²) in [4.78, 5) is 29.1. The standard InChI is InChI=1S/C23H27Cl2N3O2/c1-17(23(30)26-20-11-6-10-19(24)22(20)25)27-13-15-28(16-14-27)21(29)12-5-9-18-7-3-2-4-8-18/h2-4,6-8,10-11,17H,5,9,12-16H2,1H3,(H,26,30). The third kappa shape index (κ3) is 5.97. The second-order valence-electron chi connectivity index (χ2n) is 7.52. The Labute approximate surface area is 187 Å². The van der Waals surface area contributed by atoms with Crippen LogP contribution in [0.25, 0.3) is 0 Å². The van der Waals surface area contributed by atoms with Crippen molar-refractivity contribution in [1.29, 1.82) is 0 Å². The van der Waals surface area contributed by atoms with Gasteiger partial charge in [0.1, 0.15) is 0 Å². The first-order chi connectivity index (χ1) is 14.5. The minimum absolute atomic E-state index is 0.137. The lowest BCUT2D eigenvalue weighted by molar-refractivity contribution is -0.133. The molecule has 0 bridgehead atoms. The average molecular weight is 448 g/mol. The van der Waals surface area contributed by atoms with Gasteiger partial charge < -0.3 is 10.2 Å². The van der Waals surface area contributed by atoms with Gasteiger partial charge in [-0.05, 0) is 37.5 Å². The van der Waals surface area contributed by atoms with Gasteiger partial charge in [0.15, 0.2) is 0 Å². The van der Waals surface area contributed by atoms with Crippen molar-refractivity contribution in [2.24, 2.45) is 0 Å². The van der Waals surface area contributed by atoms with Crippen molar-refractivity contribution in [2.75, 3.05) is 31.5 Å². The van der Waals surface area contributed by atoms with Gasteiger partial charge in [-0.1, -0.05) is 59.6 Å². The zero-order chi connectivity index (χ0) is 21.5. The summed E-state index contributed by atoms with van der Waals surface area (Å²) < 4.78 is 0. The predicted octanol–water partition coefficient (Wildman–Crippen LogP) is 4.49. The molecule has 1 aliphatic heterocycles. The van der Waals surface area contributed by atoms with Gasteiger partial charge in [0.05, 0.1) is 21.8 Å². The molecular formula is C23H27Cl2N3O2. The molecular weight excluding hydrogens is 421 g/mol. The van der Waals surface area contributed by atoms with E-state index in [1.54, 1.807) is 18.2 Å². The summed E-state index contributed by atoms with van der Waals surface area (Å²) in [6, 6.07) is 15.1. The van der Waals surface area contributed by atoms with Crippen LogP contribution >= 0.6 is 23.2 Å². The number of nitrogens with one attached hydrogen (secondary N) is 1. The molecule has 2 aromatic rings. The van der Waals surface area contributed by atoms with Gasteiger partial charge >= 0.3 is 0 Å². The smallest absolute Gasteiger partial charge is 0.241 e. The van der Waals surface area contributed by atoms with E-state index < -0.39 is 0 Å². The van der Waals surface area contributed by atoms with Crippen molar-refractivity contribution in [2.45, 2.75) is 32.2 Å². The number of anilines is 1. The first-order valence-electron chi connectivity index (χ1n) is 10.3. The van der Waals surface area contributed by atoms with Crippen molar-refractivity contribution < 1.29 is 9.59 Å². The van der Waals surface area contributed by atoms with Gasteiger partial charge in [-0.2, -0.15) is 0 Å². The van der Waals surface area contributed by atoms with E-state index in [9.17, 15) is 9.59 Å². The molecule has 0 spiro atoms. The van der Waals surface area contributed by atoms with Gasteiger partial charge in [0, 0.05) is 32.6 Å². The Morgan fingerprint density at radius 2 is 1.70 bits per heavy atom. The van der Waals surface area contributed by atoms with E-state index in [4.69, 9.17) is 23.2 Å². The summed E-state index contributed by atoms with van der Waals surface area (Å²) in [6.45, 7) is 4.48. The largest absolute Gasteiger partial charge is 0.340 e. The Kier molecular flexibility index (Phi) is 8.14. The molecule has 2 amide bonds. The highest BCUT2D eigenvalue weighted by Gasteiger charge is 2.27. The summed E-state index contributed by atoms with van der Waals surface area (Å²) in [5.41, 5.74) is 1.77. The molecule has 1 fully saturated rings. The first-order valence-corrected chi connectivity index (χ1v) is 11.0. The molecule has 1 heterocycles. The lowest BCUT2D eigenvalue weighted by Crippen LogP contribution is -2.54. The van der Waals surface area contributed by atoms with Gasteiger partial charge in [0.2, 0.25) is 11.8 Å². The molecule has 1 aliphatic rings. The number of rotatable bonds is 7. The van der Waals surface area contributed by atoms with E-state index in [1.165, 1.54) is 5.56 Å². The zero-order valence-corrected chi connectivity index (χ0v) is 18.6. The summed E-state index contributed by atoms with van der Waals surface area (Å²) in [5.74, 6) is 0.0511. The van der Waals surface area contributed by atoms with Gasteiger partial charge in [-0.25, -0.2) is 0 Å². The van der Waals surface area contributed by atoms with Crippen LogP contribution in [0.4, 0.5) is 5.69 Å². The molecule has 1 N–H and O–H groups in total. The van der Waals surface area contributed by atoms with E-state index in [2.05, 4.69) is 22.3 Å². The summed E-state index contributed by atoms with van der Waals surface area (Å²) in [6.07, 6.45) is 2.32. The maximum absolute atomic E-state index is 12.6. The topological polar surface area (TPSA) is 52.7 Å². The molecule has 0 aromatic heterocycles. The Hall–Kier alpha value is -2.08. The number of hydrogen-bond donors (Lipinski definition) is 1. The molecule has 30 heavy (non-hydrogen) atoms. The molecule has 5 nitrogen and oxygen atoms in total. The number of amides is 2. The van der Waals surface area contributed by atoms with Gasteiger partial charge in [-0.3, -0.25) is 14.5 Å². The Morgan fingerprint density at radius 3 is 2.40 bits per heavy atom. The highest BCUT2D eigenvalue weighted by atomic mass is 35.5. The zero-order valence-electron chi connectivity index (χ0n) is 17.1. The third-order valence-electron chi connectivity index (χ3n) is 5.50. The highest BCUT2D eigenvalue weighted by Crippen LogP contribution is 2.29. The number of halogens is 2. The molecule has 7 heteroatoms. The van der Waals surface area contributed by atoms with Crippen molar-refractivity contribution in [1.82, 2.24) is 9.80 Å². The lowest BCUT2D eigenvalue weighted by Gasteiger charge is -2.37. The Morgan fingerprint density at radius 1 is 1.00 bits per heavy atom. The molecule has 160 valence electrons. The lowest BCUT2D eigenvalue weighted by atomic mass is 10.1. The Balaban J connectivity index is 1.43. The highest BCUT2D eigenvalue weighted by molar-refractivity contribution is 6.44. The van der Waals surface area contributed by atoms with Crippen LogP contribution in [0, 0.1) is 0 Å². The average Bonchev–Trinajstić information content (AvgIpc) is 2.77. The normalized spacial score (nSPS) is 15.6. The van der Waals surface area contributed by atoms with Crippen LogP contribution < -0.4 is 5.32 Å². The number of carbonyl (C=O) groups excluding carboxylic acids is 2. The molecule has 1 unspecified atom stereocenters. The number of benzene rings is 2. The summed E-state index contributed by atoms with van der Waals surface area (Å²) in [5, 5.41) is 3.59. The fourth-order valence-electron chi connectivity index (χ4n) is 3.61. The Bertz CT molecular complexity index is 868. The maximum atomic E-state index is 12.6. The van der Waals surface area contributed by atoms with Crippen LogP contribution in [0.5, 0.6) is 0 Å². The number of piperazine rings is 1. The molecule has 1 saturated heterocycles. The van der Waals surface area contributed by atoms with E-state index in [-0.39, 0.29) is 17.9 Å². The second-order valence-corrected chi connectivity index (χ2v) is 8.31. The second kappa shape index (κ2) is 10.8. The molecule has 0 aliphatic carbocycles. The van der Waals surface area contributed by atoms with E-state index in [1.807, 2.05) is 30.0 Å². The van der Waals surface area contributed by atoms with Crippen molar-refractivity contribution in [3.63, 3.8) is 0 Å². The molecule has 0 radical (unpaired) electrons. The van der Waals surface area contributed by atoms with Crippen LogP contribution in [0.3, 0.4) is 0 Å². The van der Waals surface area contributed by atoms with Crippen LogP contribution in [0.1, 0.15) is 25.3 Å². The molecule has 0 saturated carbocycles. The monoisotopic (exact) mass is 447 g/mol. The quantitative estimate of drug-likeness (QED) is 0.679. The SMILES string of the molecule is CC(C(=O)Nc1cccc(Cl)c1Cl)N1CCN(C(=O)CCCc2ccccc2)CC1. The third-order valence-corrected chi connectivity index (χ3v) is 6.32. The number of hydrogen-bond acceptors (Lipinski definition) is 3. The molecule has 2 aromatic carbocycles. The van der Waals surface area contributed by atoms with Crippen molar-refractivity contribution in [3.8, 4) is 0 Å². The summed E-state index contributed by atoms with van der Waals surface area (Å²) in [7, 11) is 0. The number of aryl methyl sites for hydroxylation is 1. The van der Waals surface area contributed by atoms with Crippen molar-refractivity contribution in [3.05, 3.63) is 64.1 Å². The maximum Gasteiger partial charge on any atom is 0.241 e. The fraction of sp³-hybridized carbons (Fsp3) is 0.391. The van der Waals surface area contributed by atoms with Gasteiger partial charge in [-0.15, -0.1) is 0 Å². The summed E-state index contributed by atoms with van der Waals surface area (Å²) >= 11 is 12.2. The predicted molar refractivity (Wildman–Crippen MR) is 122 cm³/mol. The fourth-order valence-corrected chi connectivity index (χ4v) is 3.96. The van der Waals surface area contributed by atoms with E-state index >= 15 is 0 Å². The van der Waals surface area contributed by atoms with Gasteiger partial charge in [0.25, 0.3) is 0 Å². The van der Waals surface area contributed by atoms with Crippen LogP contribution in [0.15, 0.2) is 48.5 Å². The van der Waals surface area contributed by atoms with E-state index in [0.29, 0.717) is 48.3 Å². The molecule has 3 rings (SSSR count). The molecule has 1 atom stereocenters. The number of nitrogens with zero attached hydrogens (tertiary/aromatic N) is 2.